The highest BCUT2D eigenvalue weighted by molar-refractivity contribution is 6.22. The molecular weight excluding hydrogens is 871 g/mol. The van der Waals surface area contributed by atoms with E-state index in [0.717, 1.165) is 66.6 Å². The van der Waals surface area contributed by atoms with E-state index in [1.165, 1.54) is 71.1 Å². The van der Waals surface area contributed by atoms with Crippen LogP contribution in [0, 0.1) is 0 Å². The summed E-state index contributed by atoms with van der Waals surface area (Å²) in [6.07, 6.45) is 0. The molecule has 0 aliphatic heterocycles. The predicted octanol–water partition coefficient (Wildman–Crippen LogP) is 20.0. The first-order chi connectivity index (χ1) is 35.7. The molecule has 14 rings (SSSR count). The molecule has 2 nitrogen and oxygen atoms in total. The molecule has 0 radical (unpaired) electrons. The number of benzene rings is 13. The van der Waals surface area contributed by atoms with Gasteiger partial charge in [-0.25, -0.2) is 0 Å². The summed E-state index contributed by atoms with van der Waals surface area (Å²) in [4.78, 5) is 2.38. The lowest BCUT2D eigenvalue weighted by atomic mass is 9.84. The third-order valence-corrected chi connectivity index (χ3v) is 14.6. The van der Waals surface area contributed by atoms with Gasteiger partial charge < -0.3 is 9.32 Å². The van der Waals surface area contributed by atoms with Gasteiger partial charge in [0.2, 0.25) is 0 Å². The molecule has 0 fully saturated rings. The van der Waals surface area contributed by atoms with Gasteiger partial charge >= 0.3 is 0 Å². The van der Waals surface area contributed by atoms with Crippen molar-refractivity contribution in [1.82, 2.24) is 0 Å². The monoisotopic (exact) mass is 915 g/mol. The Kier molecular flexibility index (Phi) is 9.89. The minimum atomic E-state index is 0.891. The second-order valence-corrected chi connectivity index (χ2v) is 18.8. The van der Waals surface area contributed by atoms with Gasteiger partial charge in [0, 0.05) is 33.2 Å². The maximum atomic E-state index is 6.61. The predicted molar refractivity (Wildman–Crippen MR) is 306 cm³/mol. The van der Waals surface area contributed by atoms with Crippen molar-refractivity contribution in [3.63, 3.8) is 0 Å². The first-order valence-corrected chi connectivity index (χ1v) is 24.7. The van der Waals surface area contributed by atoms with Crippen LogP contribution in [0.2, 0.25) is 0 Å². The third kappa shape index (κ3) is 7.03. The summed E-state index contributed by atoms with van der Waals surface area (Å²) in [5.41, 5.74) is 16.9. The average molecular weight is 916 g/mol. The van der Waals surface area contributed by atoms with Crippen molar-refractivity contribution < 1.29 is 4.42 Å². The molecule has 0 unspecified atom stereocenters. The Labute approximate surface area is 417 Å². The Hall–Kier alpha value is -9.50. The van der Waals surface area contributed by atoms with Gasteiger partial charge in [-0.05, 0) is 154 Å². The molecule has 0 saturated carbocycles. The van der Waals surface area contributed by atoms with Crippen LogP contribution in [0.3, 0.4) is 0 Å². The van der Waals surface area contributed by atoms with Gasteiger partial charge in [-0.1, -0.05) is 212 Å². The summed E-state index contributed by atoms with van der Waals surface area (Å²) in [6.45, 7) is 0. The lowest BCUT2D eigenvalue weighted by Crippen LogP contribution is -2.10. The molecule has 72 heavy (non-hydrogen) atoms. The first kappa shape index (κ1) is 41.5. The van der Waals surface area contributed by atoms with E-state index in [-0.39, 0.29) is 0 Å². The SMILES string of the molecule is c1ccc(-c2c(-c3ccccc3)c3cc(-c4cccc(N(c5ccc(-c6ccc7ccccc7c6)cc5)c5ccc(-c6cccc7oc8c9ccccc9ccc8c67)cc5)c4)ccc3c3ccccc23)cc1. The smallest absolute Gasteiger partial charge is 0.143 e. The topological polar surface area (TPSA) is 16.4 Å². The molecule has 0 amide bonds. The van der Waals surface area contributed by atoms with Crippen LogP contribution in [0.25, 0.3) is 121 Å². The van der Waals surface area contributed by atoms with E-state index >= 15 is 0 Å². The van der Waals surface area contributed by atoms with E-state index in [1.54, 1.807) is 0 Å². The minimum Gasteiger partial charge on any atom is -0.455 e. The van der Waals surface area contributed by atoms with Crippen molar-refractivity contribution >= 4 is 82.1 Å². The zero-order valence-corrected chi connectivity index (χ0v) is 39.3. The second kappa shape index (κ2) is 17.2. The van der Waals surface area contributed by atoms with E-state index in [9.17, 15) is 0 Å². The first-order valence-electron chi connectivity index (χ1n) is 24.7. The van der Waals surface area contributed by atoms with Crippen LogP contribution in [0.1, 0.15) is 0 Å². The molecule has 0 bridgehead atoms. The molecule has 0 aliphatic rings. The van der Waals surface area contributed by atoms with Crippen molar-refractivity contribution in [2.45, 2.75) is 0 Å². The van der Waals surface area contributed by atoms with Crippen LogP contribution in [0.15, 0.2) is 277 Å². The fourth-order valence-corrected chi connectivity index (χ4v) is 11.2. The minimum absolute atomic E-state index is 0.891. The summed E-state index contributed by atoms with van der Waals surface area (Å²) in [5, 5.41) is 12.0. The largest absolute Gasteiger partial charge is 0.455 e. The van der Waals surface area contributed by atoms with Crippen LogP contribution < -0.4 is 4.90 Å². The summed E-state index contributed by atoms with van der Waals surface area (Å²) in [6, 6.07) is 99.3. The molecule has 1 aromatic heterocycles. The highest BCUT2D eigenvalue weighted by atomic mass is 16.3. The van der Waals surface area contributed by atoms with Crippen LogP contribution in [-0.4, -0.2) is 0 Å². The highest BCUT2D eigenvalue weighted by Crippen LogP contribution is 2.47. The molecular formula is C70H45NO. The molecule has 13 aromatic carbocycles. The third-order valence-electron chi connectivity index (χ3n) is 14.6. The van der Waals surface area contributed by atoms with Gasteiger partial charge in [0.25, 0.3) is 0 Å². The maximum absolute atomic E-state index is 6.61. The number of hydrogen-bond donors (Lipinski definition) is 0. The number of nitrogens with zero attached hydrogens (tertiary/aromatic N) is 1. The molecule has 2 heteroatoms. The van der Waals surface area contributed by atoms with E-state index in [4.69, 9.17) is 4.42 Å². The normalized spacial score (nSPS) is 11.6. The van der Waals surface area contributed by atoms with Gasteiger partial charge in [-0.15, -0.1) is 0 Å². The quantitative estimate of drug-likeness (QED) is 0.141. The van der Waals surface area contributed by atoms with Crippen LogP contribution >= 0.6 is 0 Å². The molecule has 0 aliphatic carbocycles. The van der Waals surface area contributed by atoms with Gasteiger partial charge in [-0.2, -0.15) is 0 Å². The van der Waals surface area contributed by atoms with E-state index < -0.39 is 0 Å². The number of rotatable bonds is 8. The lowest BCUT2D eigenvalue weighted by Gasteiger charge is -2.26. The Morgan fingerprint density at radius 2 is 0.764 bits per heavy atom. The lowest BCUT2D eigenvalue weighted by molar-refractivity contribution is 0.673. The molecule has 14 aromatic rings. The van der Waals surface area contributed by atoms with Crippen molar-refractivity contribution in [2.75, 3.05) is 4.90 Å². The van der Waals surface area contributed by atoms with Crippen LogP contribution in [0.5, 0.6) is 0 Å². The number of fused-ring (bicyclic) bond motifs is 9. The fourth-order valence-electron chi connectivity index (χ4n) is 11.2. The summed E-state index contributed by atoms with van der Waals surface area (Å²) < 4.78 is 6.61. The highest BCUT2D eigenvalue weighted by Gasteiger charge is 2.21. The Morgan fingerprint density at radius 1 is 0.250 bits per heavy atom. The average Bonchev–Trinajstić information content (AvgIpc) is 3.85. The number of furan rings is 1. The van der Waals surface area contributed by atoms with Crippen LogP contribution in [0.4, 0.5) is 17.1 Å². The maximum Gasteiger partial charge on any atom is 0.143 e. The Bertz CT molecular complexity index is 4360. The van der Waals surface area contributed by atoms with Crippen LogP contribution in [-0.2, 0) is 0 Å². The van der Waals surface area contributed by atoms with Gasteiger partial charge in [0.15, 0.2) is 0 Å². The molecule has 0 N–H and O–H groups in total. The molecule has 336 valence electrons. The molecule has 0 saturated heterocycles. The zero-order chi connectivity index (χ0) is 47.5. The molecule has 0 atom stereocenters. The Balaban J connectivity index is 0.914. The van der Waals surface area contributed by atoms with E-state index in [2.05, 4.69) is 278 Å². The standard InChI is InChI=1S/C70H45NO/c1-3-17-50(18-4-1)67-63-26-12-11-25-61(63)62-41-36-55(45-65(62)68(67)51-19-5-2-6-20-51)53-22-13-23-58(44-53)71(56-37-31-47(32-38-56)54-30-29-46-15-7-8-21-52(46)43-54)57-39-33-49(34-40-57)59-27-14-28-66-69(59)64-42-35-48-16-9-10-24-60(48)70(64)72-66/h1-45H. The van der Waals surface area contributed by atoms with Crippen molar-refractivity contribution in [1.29, 1.82) is 0 Å². The van der Waals surface area contributed by atoms with Gasteiger partial charge in [0.05, 0.1) is 0 Å². The Morgan fingerprint density at radius 3 is 1.51 bits per heavy atom. The second-order valence-electron chi connectivity index (χ2n) is 18.8. The molecule has 1 heterocycles. The van der Waals surface area contributed by atoms with Crippen molar-refractivity contribution in [2.24, 2.45) is 0 Å². The summed E-state index contributed by atoms with van der Waals surface area (Å²) in [5.74, 6) is 0. The molecule has 0 spiro atoms. The van der Waals surface area contributed by atoms with E-state index in [1.807, 2.05) is 0 Å². The summed E-state index contributed by atoms with van der Waals surface area (Å²) in [7, 11) is 0. The fraction of sp³-hybridized carbons (Fsp3) is 0. The van der Waals surface area contributed by atoms with Crippen molar-refractivity contribution in [3.05, 3.63) is 273 Å². The number of anilines is 3. The van der Waals surface area contributed by atoms with E-state index in [0.29, 0.717) is 0 Å². The number of hydrogen-bond acceptors (Lipinski definition) is 2. The zero-order valence-electron chi connectivity index (χ0n) is 39.3. The van der Waals surface area contributed by atoms with Gasteiger partial charge in [-0.3, -0.25) is 0 Å². The van der Waals surface area contributed by atoms with Gasteiger partial charge in [0.1, 0.15) is 11.2 Å². The van der Waals surface area contributed by atoms with Crippen molar-refractivity contribution in [3.8, 4) is 55.6 Å². The summed E-state index contributed by atoms with van der Waals surface area (Å²) >= 11 is 0.